The van der Waals surface area contributed by atoms with Crippen LogP contribution in [0.4, 0.5) is 0 Å². The fourth-order valence-electron chi connectivity index (χ4n) is 2.34. The van der Waals surface area contributed by atoms with Crippen molar-refractivity contribution in [2.75, 3.05) is 6.61 Å². The van der Waals surface area contributed by atoms with Crippen molar-refractivity contribution in [3.8, 4) is 11.5 Å². The Balaban J connectivity index is 1.43. The molecule has 0 aliphatic heterocycles. The summed E-state index contributed by atoms with van der Waals surface area (Å²) in [5.74, 6) is 0.804. The summed E-state index contributed by atoms with van der Waals surface area (Å²) in [6.07, 6.45) is 1.55. The van der Waals surface area contributed by atoms with Gasteiger partial charge in [-0.1, -0.05) is 57.9 Å². The molecule has 1 N–H and O–H groups in total. The molecule has 0 bridgehead atoms. The maximum atomic E-state index is 11.8. The standard InChI is InChI=1S/C22H18BrClN2O3/c23-18-8-11-21(20(24)12-18)29-15-22(27)26-25-13-16-6-9-19(10-7-16)28-14-17-4-2-1-3-5-17/h1-13H,14-15H2,(H,26,27). The SMILES string of the molecule is O=C(COc1ccc(Br)cc1Cl)NN=Cc1ccc(OCc2ccccc2)cc1. The summed E-state index contributed by atoms with van der Waals surface area (Å²) < 4.78 is 12.0. The van der Waals surface area contributed by atoms with Crippen LogP contribution in [0.15, 0.2) is 82.4 Å². The number of amides is 1. The third-order valence-electron chi connectivity index (χ3n) is 3.78. The van der Waals surface area contributed by atoms with E-state index in [1.54, 1.807) is 24.4 Å². The van der Waals surface area contributed by atoms with Crippen molar-refractivity contribution in [3.63, 3.8) is 0 Å². The van der Waals surface area contributed by atoms with Gasteiger partial charge in [-0.05, 0) is 53.6 Å². The molecule has 0 spiro atoms. The third kappa shape index (κ3) is 6.93. The highest BCUT2D eigenvalue weighted by Gasteiger charge is 2.05. The van der Waals surface area contributed by atoms with Crippen LogP contribution in [0, 0.1) is 0 Å². The highest BCUT2D eigenvalue weighted by molar-refractivity contribution is 9.10. The second-order valence-corrected chi connectivity index (χ2v) is 7.32. The monoisotopic (exact) mass is 472 g/mol. The lowest BCUT2D eigenvalue weighted by atomic mass is 10.2. The average Bonchev–Trinajstić information content (AvgIpc) is 2.73. The van der Waals surface area contributed by atoms with Gasteiger partial charge in [0.2, 0.25) is 0 Å². The van der Waals surface area contributed by atoms with Crippen LogP contribution in [-0.4, -0.2) is 18.7 Å². The fraction of sp³-hybridized carbons (Fsp3) is 0.0909. The minimum Gasteiger partial charge on any atom is -0.489 e. The van der Waals surface area contributed by atoms with Crippen molar-refractivity contribution >= 4 is 39.7 Å². The van der Waals surface area contributed by atoms with Gasteiger partial charge in [-0.3, -0.25) is 4.79 Å². The normalized spacial score (nSPS) is 10.7. The molecule has 0 fully saturated rings. The van der Waals surface area contributed by atoms with Crippen molar-refractivity contribution in [1.82, 2.24) is 5.43 Å². The van der Waals surface area contributed by atoms with Crippen molar-refractivity contribution in [3.05, 3.63) is 93.4 Å². The number of hydrogen-bond acceptors (Lipinski definition) is 4. The number of hydrogen-bond donors (Lipinski definition) is 1. The number of rotatable bonds is 8. The van der Waals surface area contributed by atoms with Gasteiger partial charge in [0.05, 0.1) is 11.2 Å². The van der Waals surface area contributed by atoms with Crippen LogP contribution in [0.1, 0.15) is 11.1 Å². The van der Waals surface area contributed by atoms with Gasteiger partial charge in [-0.15, -0.1) is 0 Å². The quantitative estimate of drug-likeness (QED) is 0.361. The first-order chi connectivity index (χ1) is 14.1. The Morgan fingerprint density at radius 3 is 2.52 bits per heavy atom. The number of benzene rings is 3. The van der Waals surface area contributed by atoms with E-state index in [0.717, 1.165) is 21.3 Å². The van der Waals surface area contributed by atoms with Gasteiger partial charge in [0.1, 0.15) is 18.1 Å². The maximum absolute atomic E-state index is 11.8. The van der Waals surface area contributed by atoms with Crippen LogP contribution < -0.4 is 14.9 Å². The molecule has 3 aromatic carbocycles. The van der Waals surface area contributed by atoms with E-state index >= 15 is 0 Å². The fourth-order valence-corrected chi connectivity index (χ4v) is 3.07. The van der Waals surface area contributed by atoms with E-state index in [1.165, 1.54) is 0 Å². The van der Waals surface area contributed by atoms with Gasteiger partial charge in [0, 0.05) is 4.47 Å². The molecular formula is C22H18BrClN2O3. The Morgan fingerprint density at radius 2 is 1.79 bits per heavy atom. The first kappa shape index (κ1) is 20.9. The van der Waals surface area contributed by atoms with E-state index in [0.29, 0.717) is 17.4 Å². The van der Waals surface area contributed by atoms with E-state index in [9.17, 15) is 4.79 Å². The molecule has 0 aromatic heterocycles. The van der Waals surface area contributed by atoms with Crippen molar-refractivity contribution in [2.24, 2.45) is 5.10 Å². The van der Waals surface area contributed by atoms with Gasteiger partial charge < -0.3 is 9.47 Å². The molecular weight excluding hydrogens is 456 g/mol. The largest absolute Gasteiger partial charge is 0.489 e. The number of ether oxygens (including phenoxy) is 2. The average molecular weight is 474 g/mol. The number of halogens is 2. The van der Waals surface area contributed by atoms with Gasteiger partial charge in [0.15, 0.2) is 6.61 Å². The van der Waals surface area contributed by atoms with E-state index < -0.39 is 0 Å². The molecule has 0 aliphatic carbocycles. The molecule has 0 unspecified atom stereocenters. The second-order valence-electron chi connectivity index (χ2n) is 6.00. The van der Waals surface area contributed by atoms with Gasteiger partial charge in [-0.25, -0.2) is 5.43 Å². The Kier molecular flexibility index (Phi) is 7.67. The molecule has 0 atom stereocenters. The highest BCUT2D eigenvalue weighted by Crippen LogP contribution is 2.27. The van der Waals surface area contributed by atoms with Crippen LogP contribution >= 0.6 is 27.5 Å². The molecule has 0 saturated heterocycles. The molecule has 148 valence electrons. The Labute approximate surface area is 182 Å². The summed E-state index contributed by atoms with van der Waals surface area (Å²) in [4.78, 5) is 11.8. The molecule has 0 aliphatic rings. The zero-order valence-corrected chi connectivity index (χ0v) is 17.7. The molecule has 3 rings (SSSR count). The predicted octanol–water partition coefficient (Wildman–Crippen LogP) is 5.21. The molecule has 5 nitrogen and oxygen atoms in total. The van der Waals surface area contributed by atoms with E-state index in [1.807, 2.05) is 54.6 Å². The molecule has 0 heterocycles. The first-order valence-electron chi connectivity index (χ1n) is 8.77. The number of nitrogens with zero attached hydrogens (tertiary/aromatic N) is 1. The van der Waals surface area contributed by atoms with Gasteiger partial charge in [-0.2, -0.15) is 5.10 Å². The Morgan fingerprint density at radius 1 is 1.03 bits per heavy atom. The van der Waals surface area contributed by atoms with E-state index in [4.69, 9.17) is 21.1 Å². The summed E-state index contributed by atoms with van der Waals surface area (Å²) in [6.45, 7) is 0.317. The lowest BCUT2D eigenvalue weighted by Gasteiger charge is -2.07. The number of carbonyl (C=O) groups excluding carboxylic acids is 1. The molecule has 3 aromatic rings. The number of carbonyl (C=O) groups is 1. The summed E-state index contributed by atoms with van der Waals surface area (Å²) in [7, 11) is 0. The van der Waals surface area contributed by atoms with Crippen LogP contribution in [0.2, 0.25) is 5.02 Å². The number of nitrogens with one attached hydrogen (secondary N) is 1. The summed E-state index contributed by atoms with van der Waals surface area (Å²) in [5, 5.41) is 4.35. The van der Waals surface area contributed by atoms with Crippen LogP contribution in [0.25, 0.3) is 0 Å². The molecule has 1 amide bonds. The van der Waals surface area contributed by atoms with Crippen LogP contribution in [0.5, 0.6) is 11.5 Å². The lowest BCUT2D eigenvalue weighted by Crippen LogP contribution is -2.24. The summed E-state index contributed by atoms with van der Waals surface area (Å²) in [6, 6.07) is 22.5. The summed E-state index contributed by atoms with van der Waals surface area (Å²) in [5.41, 5.74) is 4.35. The Bertz CT molecular complexity index is 979. The number of hydrazone groups is 1. The Hall–Kier alpha value is -2.83. The van der Waals surface area contributed by atoms with E-state index in [2.05, 4.69) is 26.5 Å². The maximum Gasteiger partial charge on any atom is 0.277 e. The minimum absolute atomic E-state index is 0.190. The predicted molar refractivity (Wildman–Crippen MR) is 118 cm³/mol. The molecule has 29 heavy (non-hydrogen) atoms. The highest BCUT2D eigenvalue weighted by atomic mass is 79.9. The van der Waals surface area contributed by atoms with E-state index in [-0.39, 0.29) is 12.5 Å². The zero-order chi connectivity index (χ0) is 20.5. The lowest BCUT2D eigenvalue weighted by molar-refractivity contribution is -0.123. The molecule has 0 radical (unpaired) electrons. The first-order valence-corrected chi connectivity index (χ1v) is 9.94. The van der Waals surface area contributed by atoms with Gasteiger partial charge >= 0.3 is 0 Å². The zero-order valence-electron chi connectivity index (χ0n) is 15.3. The third-order valence-corrected chi connectivity index (χ3v) is 4.57. The smallest absolute Gasteiger partial charge is 0.277 e. The van der Waals surface area contributed by atoms with Crippen molar-refractivity contribution < 1.29 is 14.3 Å². The van der Waals surface area contributed by atoms with Crippen molar-refractivity contribution in [2.45, 2.75) is 6.61 Å². The van der Waals surface area contributed by atoms with Crippen molar-refractivity contribution in [1.29, 1.82) is 0 Å². The van der Waals surface area contributed by atoms with Crippen LogP contribution in [0.3, 0.4) is 0 Å². The molecule has 7 heteroatoms. The second kappa shape index (κ2) is 10.6. The topological polar surface area (TPSA) is 59.9 Å². The summed E-state index contributed by atoms with van der Waals surface area (Å²) >= 11 is 9.35. The minimum atomic E-state index is -0.386. The molecule has 0 saturated carbocycles. The van der Waals surface area contributed by atoms with Gasteiger partial charge in [0.25, 0.3) is 5.91 Å². The van der Waals surface area contributed by atoms with Crippen LogP contribution in [-0.2, 0) is 11.4 Å².